The maximum absolute atomic E-state index is 12.5. The Balaban J connectivity index is 1.97. The third kappa shape index (κ3) is 3.53. The van der Waals surface area contributed by atoms with Crippen LogP contribution in [0.4, 0.5) is 5.69 Å². The molecule has 1 N–H and O–H groups in total. The average molecular weight is 448 g/mol. The smallest absolute Gasteiger partial charge is 0.275 e. The van der Waals surface area contributed by atoms with Crippen LogP contribution in [0.3, 0.4) is 0 Å². The number of carboxylic acid groups (broad SMARTS) is 1. The summed E-state index contributed by atoms with van der Waals surface area (Å²) in [4.78, 5) is 36.0. The van der Waals surface area contributed by atoms with Crippen molar-refractivity contribution in [2.75, 3.05) is 5.32 Å². The number of carbonyl (C=O) groups is 2. The van der Waals surface area contributed by atoms with E-state index in [1.165, 1.54) is 12.1 Å². The number of aromatic nitrogens is 2. The molecule has 1 heterocycles. The molecule has 126 valence electrons. The van der Waals surface area contributed by atoms with Crippen LogP contribution in [-0.4, -0.2) is 21.7 Å². The summed E-state index contributed by atoms with van der Waals surface area (Å²) in [6, 6.07) is 13.3. The van der Waals surface area contributed by atoms with E-state index in [2.05, 4.69) is 33.0 Å². The van der Waals surface area contributed by atoms with Gasteiger partial charge in [0.05, 0.1) is 17.0 Å². The highest BCUT2D eigenvalue weighted by molar-refractivity contribution is 14.1. The van der Waals surface area contributed by atoms with Crippen LogP contribution in [0.2, 0.25) is 0 Å². The minimum absolute atomic E-state index is 0.166. The molecule has 0 unspecified atom stereocenters. The van der Waals surface area contributed by atoms with Gasteiger partial charge in [-0.3, -0.25) is 9.59 Å². The summed E-state index contributed by atoms with van der Waals surface area (Å²) in [6.07, 6.45) is 0. The van der Waals surface area contributed by atoms with Gasteiger partial charge < -0.3 is 15.2 Å². The van der Waals surface area contributed by atoms with Gasteiger partial charge in [0, 0.05) is 8.96 Å². The fourth-order valence-corrected chi connectivity index (χ4v) is 2.90. The molecule has 2 aromatic carbocycles. The van der Waals surface area contributed by atoms with Crippen LogP contribution in [0.1, 0.15) is 10.5 Å². The first-order valence-corrected chi connectivity index (χ1v) is 8.31. The highest BCUT2D eigenvalue weighted by atomic mass is 127. The summed E-state index contributed by atoms with van der Waals surface area (Å²) in [5, 5.41) is 18.1. The molecule has 0 bridgehead atoms. The lowest BCUT2D eigenvalue weighted by molar-refractivity contribution is -0.255. The molecule has 0 atom stereocenters. The molecular weight excluding hydrogens is 437 g/mol. The minimum atomic E-state index is -1.51. The zero-order valence-corrected chi connectivity index (χ0v) is 14.9. The normalized spacial score (nSPS) is 10.6. The summed E-state index contributed by atoms with van der Waals surface area (Å²) >= 11 is 2.07. The number of carboxylic acids is 1. The van der Waals surface area contributed by atoms with Crippen molar-refractivity contribution in [2.24, 2.45) is 0 Å². The van der Waals surface area contributed by atoms with Crippen molar-refractivity contribution in [2.45, 2.75) is 6.54 Å². The second kappa shape index (κ2) is 7.01. The zero-order valence-electron chi connectivity index (χ0n) is 12.7. The van der Waals surface area contributed by atoms with Gasteiger partial charge in [-0.15, -0.1) is 0 Å². The molecule has 8 heteroatoms. The molecule has 0 radical (unpaired) electrons. The van der Waals surface area contributed by atoms with Gasteiger partial charge in [0.1, 0.15) is 12.2 Å². The quantitative estimate of drug-likeness (QED) is 0.600. The number of amides is 1. The number of carbonyl (C=O) groups excluding carboxylic acids is 2. The molecule has 25 heavy (non-hydrogen) atoms. The number of hydrogen-bond acceptors (Lipinski definition) is 5. The largest absolute Gasteiger partial charge is 0.543 e. The Morgan fingerprint density at radius 1 is 1.08 bits per heavy atom. The molecule has 0 fully saturated rings. The number of aromatic carboxylic acids is 1. The van der Waals surface area contributed by atoms with Crippen molar-refractivity contribution in [1.82, 2.24) is 9.78 Å². The van der Waals surface area contributed by atoms with Crippen LogP contribution in [0.15, 0.2) is 53.3 Å². The molecule has 0 aliphatic heterocycles. The fourth-order valence-electron chi connectivity index (χ4n) is 2.38. The number of fused-ring (bicyclic) bond motifs is 1. The van der Waals surface area contributed by atoms with Crippen molar-refractivity contribution in [1.29, 1.82) is 0 Å². The van der Waals surface area contributed by atoms with Crippen LogP contribution in [-0.2, 0) is 11.3 Å². The van der Waals surface area contributed by atoms with Crippen molar-refractivity contribution < 1.29 is 14.7 Å². The lowest BCUT2D eigenvalue weighted by Gasteiger charge is -2.12. The van der Waals surface area contributed by atoms with Gasteiger partial charge in [0.15, 0.2) is 0 Å². The molecule has 0 saturated heterocycles. The Morgan fingerprint density at radius 3 is 2.40 bits per heavy atom. The average Bonchev–Trinajstić information content (AvgIpc) is 2.59. The molecule has 1 aromatic heterocycles. The number of nitrogens with one attached hydrogen (secondary N) is 1. The zero-order chi connectivity index (χ0) is 18.0. The molecular formula is C17H11IN3O4-. The number of para-hydroxylation sites is 1. The van der Waals surface area contributed by atoms with Gasteiger partial charge >= 0.3 is 0 Å². The van der Waals surface area contributed by atoms with E-state index in [4.69, 9.17) is 0 Å². The third-order valence-corrected chi connectivity index (χ3v) is 4.44. The minimum Gasteiger partial charge on any atom is -0.543 e. The molecule has 3 rings (SSSR count). The monoisotopic (exact) mass is 448 g/mol. The van der Waals surface area contributed by atoms with Crippen LogP contribution in [0, 0.1) is 3.57 Å². The standard InChI is InChI=1S/C17H12IN3O4/c18-12-7-3-4-8-13(12)19-14(22)9-21-16(23)11-6-2-1-5-10(11)15(20-21)17(24)25/h1-8H,9H2,(H,19,22)(H,24,25)/p-1. The Bertz CT molecular complexity index is 1050. The maximum atomic E-state index is 12.5. The molecule has 7 nitrogen and oxygen atoms in total. The van der Waals surface area contributed by atoms with Crippen LogP contribution < -0.4 is 16.0 Å². The lowest BCUT2D eigenvalue weighted by atomic mass is 10.1. The van der Waals surface area contributed by atoms with E-state index in [9.17, 15) is 19.5 Å². The summed E-state index contributed by atoms with van der Waals surface area (Å²) in [6.45, 7) is -0.408. The number of hydrogen-bond donors (Lipinski definition) is 1. The number of nitrogens with zero attached hydrogens (tertiary/aromatic N) is 2. The Hall–Kier alpha value is -2.75. The van der Waals surface area contributed by atoms with Crippen molar-refractivity contribution >= 4 is 50.9 Å². The Labute approximate surface area is 155 Å². The molecule has 1 amide bonds. The van der Waals surface area contributed by atoms with Crippen LogP contribution in [0.25, 0.3) is 10.8 Å². The van der Waals surface area contributed by atoms with Gasteiger partial charge in [-0.2, -0.15) is 5.10 Å². The van der Waals surface area contributed by atoms with E-state index >= 15 is 0 Å². The SMILES string of the molecule is O=C(Cn1nc(C(=O)[O-])c2ccccc2c1=O)Nc1ccccc1I. The second-order valence-corrected chi connectivity index (χ2v) is 6.33. The predicted octanol–water partition coefficient (Wildman–Crippen LogP) is 1.00. The van der Waals surface area contributed by atoms with E-state index < -0.39 is 24.0 Å². The van der Waals surface area contributed by atoms with Crippen LogP contribution >= 0.6 is 22.6 Å². The number of rotatable bonds is 4. The van der Waals surface area contributed by atoms with Gasteiger partial charge in [0.25, 0.3) is 5.56 Å². The summed E-state index contributed by atoms with van der Waals surface area (Å²) in [7, 11) is 0. The van der Waals surface area contributed by atoms with Crippen molar-refractivity contribution in [3.8, 4) is 0 Å². The van der Waals surface area contributed by atoms with E-state index in [-0.39, 0.29) is 16.5 Å². The molecule has 3 aromatic rings. The van der Waals surface area contributed by atoms with E-state index in [1.54, 1.807) is 24.3 Å². The second-order valence-electron chi connectivity index (χ2n) is 5.17. The van der Waals surface area contributed by atoms with Crippen molar-refractivity contribution in [3.05, 3.63) is 68.1 Å². The summed E-state index contributed by atoms with van der Waals surface area (Å²) in [5.41, 5.74) is -0.321. The first-order chi connectivity index (χ1) is 12.0. The third-order valence-electron chi connectivity index (χ3n) is 3.50. The summed E-state index contributed by atoms with van der Waals surface area (Å²) < 4.78 is 1.67. The number of anilines is 1. The fraction of sp³-hybridized carbons (Fsp3) is 0.0588. The van der Waals surface area contributed by atoms with E-state index in [0.29, 0.717) is 5.69 Å². The van der Waals surface area contributed by atoms with Gasteiger partial charge in [0.2, 0.25) is 5.91 Å². The molecule has 0 spiro atoms. The Kier molecular flexibility index (Phi) is 4.79. The van der Waals surface area contributed by atoms with Gasteiger partial charge in [-0.25, -0.2) is 4.68 Å². The lowest BCUT2D eigenvalue weighted by Crippen LogP contribution is -2.34. The van der Waals surface area contributed by atoms with Gasteiger partial charge in [-0.1, -0.05) is 30.3 Å². The van der Waals surface area contributed by atoms with Gasteiger partial charge in [-0.05, 0) is 40.8 Å². The topological polar surface area (TPSA) is 104 Å². The van der Waals surface area contributed by atoms with Crippen molar-refractivity contribution in [3.63, 3.8) is 0 Å². The van der Waals surface area contributed by atoms with E-state index in [1.807, 2.05) is 12.1 Å². The first kappa shape index (κ1) is 17.1. The number of halogens is 1. The van der Waals surface area contributed by atoms with Crippen LogP contribution in [0.5, 0.6) is 0 Å². The van der Waals surface area contributed by atoms with E-state index in [0.717, 1.165) is 8.25 Å². The molecule has 0 aliphatic carbocycles. The highest BCUT2D eigenvalue weighted by Crippen LogP contribution is 2.17. The molecule has 0 aliphatic rings. The Morgan fingerprint density at radius 2 is 1.72 bits per heavy atom. The first-order valence-electron chi connectivity index (χ1n) is 7.23. The molecule has 0 saturated carbocycles. The summed E-state index contributed by atoms with van der Waals surface area (Å²) in [5.74, 6) is -2.00. The number of benzene rings is 2. The maximum Gasteiger partial charge on any atom is 0.275 e. The predicted molar refractivity (Wildman–Crippen MR) is 98.1 cm³/mol. The highest BCUT2D eigenvalue weighted by Gasteiger charge is 2.14.